The van der Waals surface area contributed by atoms with Gasteiger partial charge in [-0.05, 0) is 98.7 Å². The Kier molecular flexibility index (Phi) is 13.1. The maximum atomic E-state index is 13.7. The van der Waals surface area contributed by atoms with Crippen molar-refractivity contribution in [1.29, 1.82) is 0 Å². The normalized spacial score (nSPS) is 48.4. The van der Waals surface area contributed by atoms with E-state index in [-0.39, 0.29) is 54.2 Å². The van der Waals surface area contributed by atoms with E-state index < -0.39 is 55.1 Å². The van der Waals surface area contributed by atoms with Gasteiger partial charge in [0, 0.05) is 0 Å². The molecule has 0 radical (unpaired) electrons. The van der Waals surface area contributed by atoms with Gasteiger partial charge in [-0.25, -0.2) is 0 Å². The van der Waals surface area contributed by atoms with Crippen molar-refractivity contribution in [3.05, 3.63) is 24.3 Å². The first-order chi connectivity index (χ1) is 25.8. The number of esters is 1. The fraction of sp³-hybridized carbons (Fsp3) is 0.884. The van der Waals surface area contributed by atoms with E-state index >= 15 is 0 Å². The molecule has 11 nitrogen and oxygen atoms in total. The Morgan fingerprint density at radius 2 is 1.70 bits per heavy atom. The van der Waals surface area contributed by atoms with Crippen molar-refractivity contribution < 1.29 is 53.6 Å². The molecule has 3 aliphatic heterocycles. The van der Waals surface area contributed by atoms with E-state index in [1.54, 1.807) is 6.08 Å². The molecular formula is C43H70O11. The molecular weight excluding hydrogens is 692 g/mol. The molecule has 6 fully saturated rings. The summed E-state index contributed by atoms with van der Waals surface area (Å²) in [5.41, 5.74) is 1.29. The van der Waals surface area contributed by atoms with Crippen LogP contribution >= 0.6 is 0 Å². The number of rotatable bonds is 12. The molecule has 4 N–H and O–H groups in total. The van der Waals surface area contributed by atoms with Crippen LogP contribution in [0.2, 0.25) is 0 Å². The van der Waals surface area contributed by atoms with Gasteiger partial charge >= 0.3 is 5.97 Å². The average molecular weight is 763 g/mol. The molecule has 0 spiro atoms. The second kappa shape index (κ2) is 16.8. The van der Waals surface area contributed by atoms with Crippen molar-refractivity contribution in [2.24, 2.45) is 45.8 Å². The summed E-state index contributed by atoms with van der Waals surface area (Å²) >= 11 is 0. The molecule has 18 atom stereocenters. The van der Waals surface area contributed by atoms with Gasteiger partial charge < -0.3 is 48.8 Å². The minimum Gasteiger partial charge on any atom is -0.461 e. The van der Waals surface area contributed by atoms with Crippen LogP contribution in [0.1, 0.15) is 113 Å². The van der Waals surface area contributed by atoms with Gasteiger partial charge in [-0.15, -0.1) is 0 Å². The lowest BCUT2D eigenvalue weighted by Gasteiger charge is -2.64. The zero-order valence-corrected chi connectivity index (χ0v) is 33.9. The lowest BCUT2D eigenvalue weighted by atomic mass is 9.40. The van der Waals surface area contributed by atoms with Crippen LogP contribution < -0.4 is 0 Å². The van der Waals surface area contributed by atoms with Gasteiger partial charge in [0.1, 0.15) is 49.3 Å². The van der Waals surface area contributed by atoms with Crippen LogP contribution in [-0.2, 0) is 33.2 Å². The predicted molar refractivity (Wildman–Crippen MR) is 202 cm³/mol. The quantitative estimate of drug-likeness (QED) is 0.114. The molecule has 0 aromatic carbocycles. The van der Waals surface area contributed by atoms with E-state index in [9.17, 15) is 25.2 Å². The van der Waals surface area contributed by atoms with E-state index in [0.29, 0.717) is 23.7 Å². The highest BCUT2D eigenvalue weighted by molar-refractivity contribution is 5.78. The van der Waals surface area contributed by atoms with Crippen LogP contribution in [0.5, 0.6) is 0 Å². The Hall–Kier alpha value is -1.41. The number of carbonyl (C=O) groups excluding carboxylic acids is 1. The zero-order chi connectivity index (χ0) is 39.2. The Balaban J connectivity index is 0.00000245. The lowest BCUT2D eigenvalue weighted by Crippen LogP contribution is -2.61. The maximum Gasteiger partial charge on any atom is 0.313 e. The minimum atomic E-state index is -1.40. The molecule has 4 aliphatic carbocycles. The van der Waals surface area contributed by atoms with Gasteiger partial charge in [0.2, 0.25) is 0 Å². The number of hydrogen-bond acceptors (Lipinski definition) is 11. The molecule has 3 saturated heterocycles. The molecule has 0 amide bonds. The predicted octanol–water partition coefficient (Wildman–Crippen LogP) is 5.46. The summed E-state index contributed by atoms with van der Waals surface area (Å²) in [6.07, 6.45) is 6.12. The highest BCUT2D eigenvalue weighted by atomic mass is 16.8. The van der Waals surface area contributed by atoms with Gasteiger partial charge in [-0.3, -0.25) is 4.79 Å². The van der Waals surface area contributed by atoms with Crippen molar-refractivity contribution in [1.82, 2.24) is 0 Å². The molecule has 54 heavy (non-hydrogen) atoms. The summed E-state index contributed by atoms with van der Waals surface area (Å²) in [6, 6.07) is 0. The summed E-state index contributed by atoms with van der Waals surface area (Å²) in [4.78, 5) is 13.7. The zero-order valence-electron chi connectivity index (χ0n) is 33.9. The number of epoxide rings is 1. The maximum absolute atomic E-state index is 13.7. The molecule has 0 aromatic rings. The Morgan fingerprint density at radius 1 is 0.981 bits per heavy atom. The molecule has 7 aliphatic rings. The Bertz CT molecular complexity index is 1340. The number of aliphatic hydroxyl groups excluding tert-OH is 4. The van der Waals surface area contributed by atoms with Gasteiger partial charge in [0.25, 0.3) is 0 Å². The van der Waals surface area contributed by atoms with Crippen LogP contribution in [0, 0.1) is 45.8 Å². The molecule has 0 aromatic heterocycles. The van der Waals surface area contributed by atoms with Gasteiger partial charge in [-0.2, -0.15) is 0 Å². The summed E-state index contributed by atoms with van der Waals surface area (Å²) in [7, 11) is 0. The van der Waals surface area contributed by atoms with Crippen molar-refractivity contribution in [3.8, 4) is 0 Å². The van der Waals surface area contributed by atoms with Crippen LogP contribution in [-0.4, -0.2) is 108 Å². The van der Waals surface area contributed by atoms with E-state index in [2.05, 4.69) is 40.3 Å². The SMILES string of the molecule is C=CCOC(=O)C12CCCC(C)C1C1=CCC3C(C)(CCC(C)OC4OC(CO)C(OC5OC(CO)C6OC56)C(O)C4O)C(C)CCC3(C)C1CC2.CC. The van der Waals surface area contributed by atoms with Crippen LogP contribution in [0.4, 0.5) is 0 Å². The lowest BCUT2D eigenvalue weighted by molar-refractivity contribution is -0.336. The molecule has 308 valence electrons. The smallest absolute Gasteiger partial charge is 0.313 e. The van der Waals surface area contributed by atoms with Gasteiger partial charge in [0.15, 0.2) is 12.6 Å². The topological polar surface area (TPSA) is 157 Å². The third-order valence-electron chi connectivity index (χ3n) is 15.3. The first-order valence-corrected chi connectivity index (χ1v) is 21.2. The summed E-state index contributed by atoms with van der Waals surface area (Å²) in [6.45, 7) is 19.1. The minimum absolute atomic E-state index is 0.0235. The molecule has 7 rings (SSSR count). The van der Waals surface area contributed by atoms with E-state index in [1.165, 1.54) is 12.0 Å². The van der Waals surface area contributed by atoms with Crippen molar-refractivity contribution in [2.45, 2.75) is 174 Å². The molecule has 18 unspecified atom stereocenters. The van der Waals surface area contributed by atoms with Crippen LogP contribution in [0.3, 0.4) is 0 Å². The first-order valence-electron chi connectivity index (χ1n) is 21.2. The van der Waals surface area contributed by atoms with Gasteiger partial charge in [0.05, 0.1) is 24.7 Å². The fourth-order valence-corrected chi connectivity index (χ4v) is 12.2. The van der Waals surface area contributed by atoms with E-state index in [1.807, 2.05) is 20.8 Å². The molecule has 0 bridgehead atoms. The second-order valence-corrected chi connectivity index (χ2v) is 18.0. The van der Waals surface area contributed by atoms with Crippen molar-refractivity contribution >= 4 is 5.97 Å². The molecule has 11 heteroatoms. The average Bonchev–Trinajstić information content (AvgIpc) is 3.90. The Morgan fingerprint density at radius 3 is 2.39 bits per heavy atom. The first kappa shape index (κ1) is 42.2. The number of carbonyl (C=O) groups is 1. The summed E-state index contributed by atoms with van der Waals surface area (Å²) < 4.78 is 35.3. The summed E-state index contributed by atoms with van der Waals surface area (Å²) in [5, 5.41) is 41.9. The molecule has 3 saturated carbocycles. The highest BCUT2D eigenvalue weighted by Crippen LogP contribution is 2.69. The van der Waals surface area contributed by atoms with Crippen LogP contribution in [0.25, 0.3) is 0 Å². The second-order valence-electron chi connectivity index (χ2n) is 18.0. The van der Waals surface area contributed by atoms with E-state index in [0.717, 1.165) is 57.8 Å². The molecule has 3 heterocycles. The fourth-order valence-electron chi connectivity index (χ4n) is 12.2. The number of ether oxygens (including phenoxy) is 6. The third-order valence-corrected chi connectivity index (χ3v) is 15.3. The summed E-state index contributed by atoms with van der Waals surface area (Å²) in [5.74, 6) is 2.12. The van der Waals surface area contributed by atoms with E-state index in [4.69, 9.17) is 28.4 Å². The number of allylic oxidation sites excluding steroid dienone is 2. The number of aliphatic hydroxyl groups is 4. The Labute approximate surface area is 323 Å². The van der Waals surface area contributed by atoms with Gasteiger partial charge in [-0.1, -0.05) is 78.7 Å². The monoisotopic (exact) mass is 762 g/mol. The highest BCUT2D eigenvalue weighted by Gasteiger charge is 2.63. The third kappa shape index (κ3) is 7.30. The van der Waals surface area contributed by atoms with Crippen molar-refractivity contribution in [3.63, 3.8) is 0 Å². The van der Waals surface area contributed by atoms with Crippen molar-refractivity contribution in [2.75, 3.05) is 19.8 Å². The number of fused-ring (bicyclic) bond motifs is 6. The number of hydrogen-bond donors (Lipinski definition) is 4. The van der Waals surface area contributed by atoms with Crippen LogP contribution in [0.15, 0.2) is 24.3 Å². The standard InChI is InChI=1S/C41H64O11.C2H6/c1-7-19-47-38(46)41-15-8-9-22(2)30(41)25-10-11-29-39(5,23(3)12-16-40(29,6)26(25)14-18-41)17-13-24(4)48-36-32(45)31(44)33(27(20-42)49-36)52-37-35-34(51-35)28(21-43)50-37;1-2/h7,10,22-24,26-37,42-45H,1,8-9,11-21H2,2-6H3;1-2H3. The largest absolute Gasteiger partial charge is 0.461 e.